The molecule has 3 rings (SSSR count). The lowest BCUT2D eigenvalue weighted by Crippen LogP contribution is -2.00. The van der Waals surface area contributed by atoms with E-state index in [-0.39, 0.29) is 0 Å². The van der Waals surface area contributed by atoms with E-state index in [2.05, 4.69) is 47.5 Å². The number of fused-ring (bicyclic) bond motifs is 1. The Morgan fingerprint density at radius 3 is 2.86 bits per heavy atom. The topological polar surface area (TPSA) is 35.0 Å². The van der Waals surface area contributed by atoms with E-state index in [1.807, 2.05) is 18.2 Å². The molecule has 0 fully saturated rings. The van der Waals surface area contributed by atoms with Crippen LogP contribution in [0.15, 0.2) is 48.7 Å². The molecule has 0 saturated heterocycles. The molecule has 3 nitrogen and oxygen atoms in total. The molecule has 0 N–H and O–H groups in total. The Morgan fingerprint density at radius 1 is 1.10 bits per heavy atom. The largest absolute Gasteiger partial charge is 0.490 e. The summed E-state index contributed by atoms with van der Waals surface area (Å²) in [5.74, 6) is 0.721. The molecule has 0 spiro atoms. The van der Waals surface area contributed by atoms with Crippen LogP contribution < -0.4 is 4.74 Å². The lowest BCUT2D eigenvalue weighted by atomic mass is 10.0. The highest BCUT2D eigenvalue weighted by molar-refractivity contribution is 5.96. The van der Waals surface area contributed by atoms with Gasteiger partial charge in [-0.25, -0.2) is 9.97 Å². The van der Waals surface area contributed by atoms with Crippen LogP contribution in [0.5, 0.6) is 5.75 Å². The minimum atomic E-state index is 0.682. The van der Waals surface area contributed by atoms with Crippen LogP contribution in [0.3, 0.4) is 0 Å². The van der Waals surface area contributed by atoms with E-state index in [1.165, 1.54) is 5.39 Å². The summed E-state index contributed by atoms with van der Waals surface area (Å²) in [7, 11) is 0. The molecule has 0 aliphatic carbocycles. The molecule has 3 heteroatoms. The van der Waals surface area contributed by atoms with E-state index >= 15 is 0 Å². The molecule has 0 saturated carbocycles. The third kappa shape index (κ3) is 2.87. The van der Waals surface area contributed by atoms with E-state index < -0.39 is 0 Å². The third-order valence-electron chi connectivity index (χ3n) is 3.43. The zero-order valence-corrected chi connectivity index (χ0v) is 12.0. The molecule has 105 valence electrons. The second kappa shape index (κ2) is 6.35. The van der Waals surface area contributed by atoms with Gasteiger partial charge >= 0.3 is 0 Å². The fraction of sp³-hybridized carbons (Fsp3) is 0.222. The van der Waals surface area contributed by atoms with Crippen molar-refractivity contribution in [2.75, 3.05) is 6.61 Å². The van der Waals surface area contributed by atoms with Gasteiger partial charge in [-0.2, -0.15) is 0 Å². The van der Waals surface area contributed by atoms with Gasteiger partial charge in [0.05, 0.1) is 12.8 Å². The number of nitrogens with zero attached hydrogens (tertiary/aromatic N) is 2. The minimum Gasteiger partial charge on any atom is -0.490 e. The van der Waals surface area contributed by atoms with Gasteiger partial charge in [0.15, 0.2) is 12.1 Å². The lowest BCUT2D eigenvalue weighted by Gasteiger charge is -2.11. The van der Waals surface area contributed by atoms with Crippen LogP contribution in [0.1, 0.15) is 19.8 Å². The molecular weight excluding hydrogens is 260 g/mol. The van der Waals surface area contributed by atoms with Gasteiger partial charge < -0.3 is 4.74 Å². The summed E-state index contributed by atoms with van der Waals surface area (Å²) in [6, 6.07) is 14.5. The van der Waals surface area contributed by atoms with Gasteiger partial charge in [0.25, 0.3) is 0 Å². The molecule has 3 aromatic rings. The van der Waals surface area contributed by atoms with Crippen molar-refractivity contribution in [1.82, 2.24) is 9.97 Å². The highest BCUT2D eigenvalue weighted by atomic mass is 16.5. The van der Waals surface area contributed by atoms with Gasteiger partial charge in [-0.05, 0) is 17.2 Å². The molecule has 21 heavy (non-hydrogen) atoms. The van der Waals surface area contributed by atoms with Gasteiger partial charge in [0.2, 0.25) is 0 Å². The van der Waals surface area contributed by atoms with E-state index in [9.17, 15) is 0 Å². The first-order chi connectivity index (χ1) is 10.4. The third-order valence-corrected chi connectivity index (χ3v) is 3.43. The molecule has 1 radical (unpaired) electrons. The van der Waals surface area contributed by atoms with Crippen molar-refractivity contribution in [3.05, 3.63) is 55.0 Å². The van der Waals surface area contributed by atoms with Crippen molar-refractivity contribution in [2.45, 2.75) is 19.8 Å². The van der Waals surface area contributed by atoms with Crippen molar-refractivity contribution in [3.8, 4) is 17.0 Å². The summed E-state index contributed by atoms with van der Waals surface area (Å²) < 4.78 is 5.84. The van der Waals surface area contributed by atoms with Crippen molar-refractivity contribution in [3.63, 3.8) is 0 Å². The number of benzene rings is 2. The van der Waals surface area contributed by atoms with Gasteiger partial charge in [-0.3, -0.25) is 0 Å². The van der Waals surface area contributed by atoms with Crippen molar-refractivity contribution in [1.29, 1.82) is 0 Å². The number of hydrogen-bond acceptors (Lipinski definition) is 3. The van der Waals surface area contributed by atoms with Crippen LogP contribution in [0.4, 0.5) is 0 Å². The maximum absolute atomic E-state index is 5.84. The Hall–Kier alpha value is -2.42. The average molecular weight is 277 g/mol. The maximum atomic E-state index is 5.84. The number of unbranched alkanes of at least 4 members (excludes halogenated alkanes) is 1. The monoisotopic (exact) mass is 277 g/mol. The molecular formula is C18H17N2O. The van der Waals surface area contributed by atoms with Crippen LogP contribution in [-0.2, 0) is 0 Å². The zero-order valence-electron chi connectivity index (χ0n) is 12.0. The first kappa shape index (κ1) is 13.6. The predicted octanol–water partition coefficient (Wildman–Crippen LogP) is 4.28. The highest BCUT2D eigenvalue weighted by Crippen LogP contribution is 2.32. The maximum Gasteiger partial charge on any atom is 0.198 e. The highest BCUT2D eigenvalue weighted by Gasteiger charge is 2.11. The molecule has 1 aromatic heterocycles. The van der Waals surface area contributed by atoms with E-state index in [0.717, 1.165) is 35.2 Å². The molecule has 0 aliphatic rings. The predicted molar refractivity (Wildman–Crippen MR) is 84.2 cm³/mol. The van der Waals surface area contributed by atoms with E-state index in [4.69, 9.17) is 4.74 Å². The standard InChI is InChI=1S/C18H17N2O/c1-2-3-11-21-17-12-19-13-20-18(17)16-10-6-8-14-7-4-5-9-15(14)16/h4-10,12H,2-3,11H2,1H3. The van der Waals surface area contributed by atoms with Crippen molar-refractivity contribution in [2.24, 2.45) is 0 Å². The van der Waals surface area contributed by atoms with Crippen LogP contribution in [0.25, 0.3) is 22.0 Å². The summed E-state index contributed by atoms with van der Waals surface area (Å²) in [6.45, 7) is 2.83. The second-order valence-electron chi connectivity index (χ2n) is 4.91. The Bertz CT molecular complexity index is 735. The number of ether oxygens (including phenoxy) is 1. The van der Waals surface area contributed by atoms with Crippen LogP contribution in [0, 0.1) is 6.33 Å². The normalized spacial score (nSPS) is 10.7. The number of aromatic nitrogens is 2. The summed E-state index contributed by atoms with van der Waals surface area (Å²) in [6.07, 6.45) is 6.49. The van der Waals surface area contributed by atoms with Gasteiger partial charge in [-0.1, -0.05) is 55.8 Å². The van der Waals surface area contributed by atoms with Crippen molar-refractivity contribution < 1.29 is 4.74 Å². The molecule has 1 heterocycles. The number of hydrogen-bond donors (Lipinski definition) is 0. The number of rotatable bonds is 5. The molecule has 0 amide bonds. The Kier molecular flexibility index (Phi) is 4.10. The SMILES string of the molecule is CCCCOc1cn[c]nc1-c1cccc2ccccc12. The minimum absolute atomic E-state index is 0.682. The summed E-state index contributed by atoms with van der Waals surface area (Å²) in [5, 5.41) is 2.35. The fourth-order valence-corrected chi connectivity index (χ4v) is 2.34. The zero-order chi connectivity index (χ0) is 14.5. The fourth-order valence-electron chi connectivity index (χ4n) is 2.34. The Labute approximate surface area is 124 Å². The quantitative estimate of drug-likeness (QED) is 0.653. The first-order valence-electron chi connectivity index (χ1n) is 7.24. The Balaban J connectivity index is 2.06. The van der Waals surface area contributed by atoms with Crippen LogP contribution in [0.2, 0.25) is 0 Å². The molecule has 0 unspecified atom stereocenters. The molecule has 2 aromatic carbocycles. The molecule has 0 bridgehead atoms. The van der Waals surface area contributed by atoms with Crippen LogP contribution in [-0.4, -0.2) is 16.6 Å². The Morgan fingerprint density at radius 2 is 1.95 bits per heavy atom. The van der Waals surface area contributed by atoms with Crippen molar-refractivity contribution >= 4 is 10.8 Å². The molecule has 0 aliphatic heterocycles. The van der Waals surface area contributed by atoms with E-state index in [0.29, 0.717) is 6.61 Å². The summed E-state index contributed by atoms with van der Waals surface area (Å²) >= 11 is 0. The second-order valence-corrected chi connectivity index (χ2v) is 4.91. The smallest absolute Gasteiger partial charge is 0.198 e. The summed E-state index contributed by atoms with van der Waals surface area (Å²) in [4.78, 5) is 8.29. The van der Waals surface area contributed by atoms with E-state index in [1.54, 1.807) is 6.20 Å². The lowest BCUT2D eigenvalue weighted by molar-refractivity contribution is 0.308. The van der Waals surface area contributed by atoms with Gasteiger partial charge in [0, 0.05) is 5.56 Å². The first-order valence-corrected chi connectivity index (χ1v) is 7.24. The molecule has 0 atom stereocenters. The van der Waals surface area contributed by atoms with Gasteiger partial charge in [0.1, 0.15) is 5.69 Å². The summed E-state index contributed by atoms with van der Waals surface area (Å²) in [5.41, 5.74) is 1.86. The average Bonchev–Trinajstić information content (AvgIpc) is 2.55. The van der Waals surface area contributed by atoms with Gasteiger partial charge in [-0.15, -0.1) is 0 Å². The van der Waals surface area contributed by atoms with Crippen LogP contribution >= 0.6 is 0 Å².